The van der Waals surface area contributed by atoms with E-state index < -0.39 is 11.7 Å². The summed E-state index contributed by atoms with van der Waals surface area (Å²) < 4.78 is 0. The molecule has 2 N–H and O–H groups in total. The number of carboxylic acid groups (broad SMARTS) is 1. The highest BCUT2D eigenvalue weighted by Crippen LogP contribution is 2.29. The number of hydrogen-bond acceptors (Lipinski definition) is 4. The van der Waals surface area contributed by atoms with Crippen LogP contribution in [0, 0.1) is 6.92 Å². The summed E-state index contributed by atoms with van der Waals surface area (Å²) in [4.78, 5) is 28.7. The largest absolute Gasteiger partial charge is 0.478 e. The van der Waals surface area contributed by atoms with Crippen LogP contribution in [0.25, 0.3) is 0 Å². The maximum Gasteiger partial charge on any atom is 0.346 e. The molecular weight excluding hydrogens is 335 g/mol. The lowest BCUT2D eigenvalue weighted by Gasteiger charge is -2.08. The fourth-order valence-corrected chi connectivity index (χ4v) is 3.33. The Labute approximate surface area is 134 Å². The molecule has 0 aliphatic rings. The number of aromatic nitrogens is 2. The van der Waals surface area contributed by atoms with Crippen LogP contribution in [0.15, 0.2) is 28.0 Å². The third kappa shape index (κ3) is 3.78. The zero-order valence-corrected chi connectivity index (χ0v) is 13.1. The molecule has 2 rings (SSSR count). The fourth-order valence-electron chi connectivity index (χ4n) is 1.70. The number of thioether (sulfide) groups is 1. The number of carbonyl (C=O) groups is 1. The Morgan fingerprint density at radius 3 is 2.76 bits per heavy atom. The number of carboxylic acids is 1. The van der Waals surface area contributed by atoms with Crippen LogP contribution in [0.2, 0.25) is 10.0 Å². The van der Waals surface area contributed by atoms with E-state index in [-0.39, 0.29) is 16.3 Å². The summed E-state index contributed by atoms with van der Waals surface area (Å²) in [5.74, 6) is -0.757. The van der Waals surface area contributed by atoms with Crippen molar-refractivity contribution in [1.29, 1.82) is 0 Å². The Bertz CT molecular complexity index is 762. The van der Waals surface area contributed by atoms with Gasteiger partial charge in [0, 0.05) is 21.5 Å². The quantitative estimate of drug-likeness (QED) is 0.656. The molecule has 0 saturated heterocycles. The predicted molar refractivity (Wildman–Crippen MR) is 82.6 cm³/mol. The number of halogens is 2. The number of aromatic carboxylic acids is 1. The van der Waals surface area contributed by atoms with E-state index in [9.17, 15) is 14.7 Å². The zero-order valence-electron chi connectivity index (χ0n) is 10.8. The lowest BCUT2D eigenvalue weighted by molar-refractivity contribution is 0.0690. The minimum absolute atomic E-state index is 0.00955. The molecule has 8 heteroatoms. The van der Waals surface area contributed by atoms with Crippen LogP contribution in [0.3, 0.4) is 0 Å². The summed E-state index contributed by atoms with van der Waals surface area (Å²) in [5, 5.41) is 10.4. The zero-order chi connectivity index (χ0) is 15.6. The number of aromatic amines is 1. The van der Waals surface area contributed by atoms with Crippen LogP contribution in [0.1, 0.15) is 21.6 Å². The van der Waals surface area contributed by atoms with Crippen molar-refractivity contribution in [2.24, 2.45) is 0 Å². The van der Waals surface area contributed by atoms with Crippen LogP contribution in [-0.2, 0) is 5.75 Å². The molecule has 0 amide bonds. The first-order chi connectivity index (χ1) is 9.88. The molecule has 0 aliphatic heterocycles. The van der Waals surface area contributed by atoms with E-state index in [1.807, 2.05) is 0 Å². The molecule has 1 aromatic heterocycles. The van der Waals surface area contributed by atoms with Gasteiger partial charge in [0.15, 0.2) is 0 Å². The molecule has 0 radical (unpaired) electrons. The number of H-pyrrole nitrogens is 1. The molecule has 0 spiro atoms. The van der Waals surface area contributed by atoms with Crippen molar-refractivity contribution >= 4 is 40.9 Å². The molecule has 0 atom stereocenters. The van der Waals surface area contributed by atoms with Gasteiger partial charge >= 0.3 is 11.7 Å². The van der Waals surface area contributed by atoms with Crippen LogP contribution in [0.4, 0.5) is 0 Å². The van der Waals surface area contributed by atoms with Gasteiger partial charge in [0.1, 0.15) is 10.6 Å². The van der Waals surface area contributed by atoms with Gasteiger partial charge in [-0.3, -0.25) is 0 Å². The Kier molecular flexibility index (Phi) is 4.92. The van der Waals surface area contributed by atoms with Crippen molar-refractivity contribution in [3.8, 4) is 0 Å². The maximum atomic E-state index is 11.4. The molecule has 0 aliphatic carbocycles. The first-order valence-electron chi connectivity index (χ1n) is 5.79. The smallest absolute Gasteiger partial charge is 0.346 e. The number of aryl methyl sites for hydroxylation is 1. The van der Waals surface area contributed by atoms with E-state index in [0.29, 0.717) is 15.8 Å². The molecule has 0 bridgehead atoms. The molecule has 110 valence electrons. The van der Waals surface area contributed by atoms with Crippen LogP contribution >= 0.6 is 35.0 Å². The number of benzene rings is 1. The monoisotopic (exact) mass is 344 g/mol. The summed E-state index contributed by atoms with van der Waals surface area (Å²) in [6.07, 6.45) is 0. The lowest BCUT2D eigenvalue weighted by atomic mass is 10.2. The molecule has 1 heterocycles. The van der Waals surface area contributed by atoms with Gasteiger partial charge in [-0.2, -0.15) is 4.98 Å². The average molecular weight is 345 g/mol. The van der Waals surface area contributed by atoms with Gasteiger partial charge in [-0.15, -0.1) is 11.8 Å². The van der Waals surface area contributed by atoms with Crippen LogP contribution in [0.5, 0.6) is 0 Å². The van der Waals surface area contributed by atoms with E-state index in [1.54, 1.807) is 18.2 Å². The van der Waals surface area contributed by atoms with Gasteiger partial charge < -0.3 is 10.1 Å². The van der Waals surface area contributed by atoms with Crippen LogP contribution < -0.4 is 5.69 Å². The molecule has 0 unspecified atom stereocenters. The first-order valence-corrected chi connectivity index (χ1v) is 7.53. The Morgan fingerprint density at radius 2 is 2.14 bits per heavy atom. The topological polar surface area (TPSA) is 83.0 Å². The second-order valence-electron chi connectivity index (χ2n) is 4.18. The van der Waals surface area contributed by atoms with Gasteiger partial charge in [-0.25, -0.2) is 9.59 Å². The number of rotatable bonds is 4. The molecule has 2 aromatic rings. The summed E-state index contributed by atoms with van der Waals surface area (Å²) >= 11 is 13.0. The van der Waals surface area contributed by atoms with Crippen molar-refractivity contribution in [2.75, 3.05) is 0 Å². The summed E-state index contributed by atoms with van der Waals surface area (Å²) in [5.41, 5.74) is 0.459. The summed E-state index contributed by atoms with van der Waals surface area (Å²) in [7, 11) is 0. The minimum atomic E-state index is -1.14. The highest BCUT2D eigenvalue weighted by molar-refractivity contribution is 7.98. The van der Waals surface area contributed by atoms with Gasteiger partial charge in [-0.05, 0) is 24.6 Å². The third-order valence-corrected chi connectivity index (χ3v) is 4.29. The van der Waals surface area contributed by atoms with E-state index in [0.717, 1.165) is 17.3 Å². The van der Waals surface area contributed by atoms with Crippen molar-refractivity contribution in [2.45, 2.75) is 17.7 Å². The highest BCUT2D eigenvalue weighted by atomic mass is 35.5. The van der Waals surface area contributed by atoms with E-state index >= 15 is 0 Å². The summed E-state index contributed by atoms with van der Waals surface area (Å²) in [6, 6.07) is 5.05. The third-order valence-electron chi connectivity index (χ3n) is 2.68. The van der Waals surface area contributed by atoms with Crippen LogP contribution in [-0.4, -0.2) is 21.0 Å². The standard InChI is InChI=1S/C13H10Cl2N2O3S/c1-6-10(12(18)19)11(17-13(20)16-6)21-5-7-2-3-8(14)4-9(7)15/h2-4H,5H2,1H3,(H,18,19)(H,16,17,20). The van der Waals surface area contributed by atoms with E-state index in [1.165, 1.54) is 6.92 Å². The second-order valence-corrected chi connectivity index (χ2v) is 5.98. The average Bonchev–Trinajstić information content (AvgIpc) is 2.36. The minimum Gasteiger partial charge on any atom is -0.478 e. The normalized spacial score (nSPS) is 10.6. The van der Waals surface area contributed by atoms with E-state index in [4.69, 9.17) is 23.2 Å². The maximum absolute atomic E-state index is 11.4. The van der Waals surface area contributed by atoms with Gasteiger partial charge in [0.25, 0.3) is 0 Å². The number of nitrogens with one attached hydrogen (secondary N) is 1. The Balaban J connectivity index is 2.31. The fraction of sp³-hybridized carbons (Fsp3) is 0.154. The molecular formula is C13H10Cl2N2O3S. The second kappa shape index (κ2) is 6.51. The lowest BCUT2D eigenvalue weighted by Crippen LogP contribution is -2.18. The van der Waals surface area contributed by atoms with Gasteiger partial charge in [0.2, 0.25) is 0 Å². The van der Waals surface area contributed by atoms with Crippen molar-refractivity contribution in [3.05, 3.63) is 55.5 Å². The summed E-state index contributed by atoms with van der Waals surface area (Å²) in [6.45, 7) is 1.52. The first kappa shape index (κ1) is 15.9. The SMILES string of the molecule is Cc1[nH]c(=O)nc(SCc2ccc(Cl)cc2Cl)c1C(=O)O. The Morgan fingerprint density at radius 1 is 1.43 bits per heavy atom. The number of hydrogen-bond donors (Lipinski definition) is 2. The molecule has 21 heavy (non-hydrogen) atoms. The Hall–Kier alpha value is -1.50. The predicted octanol–water partition coefficient (Wildman–Crippen LogP) is 3.38. The highest BCUT2D eigenvalue weighted by Gasteiger charge is 2.17. The molecule has 0 saturated carbocycles. The molecule has 5 nitrogen and oxygen atoms in total. The van der Waals surface area contributed by atoms with Crippen molar-refractivity contribution < 1.29 is 9.90 Å². The van der Waals surface area contributed by atoms with Gasteiger partial charge in [-0.1, -0.05) is 29.3 Å². The van der Waals surface area contributed by atoms with Crippen molar-refractivity contribution in [3.63, 3.8) is 0 Å². The van der Waals surface area contributed by atoms with E-state index in [2.05, 4.69) is 9.97 Å². The molecule has 1 aromatic carbocycles. The molecule has 0 fully saturated rings. The number of nitrogens with zero attached hydrogens (tertiary/aromatic N) is 1. The van der Waals surface area contributed by atoms with Crippen molar-refractivity contribution in [1.82, 2.24) is 9.97 Å². The van der Waals surface area contributed by atoms with Gasteiger partial charge in [0.05, 0.1) is 0 Å².